The summed E-state index contributed by atoms with van der Waals surface area (Å²) >= 11 is 0. The van der Waals surface area contributed by atoms with E-state index < -0.39 is 21.7 Å². The molecule has 1 aromatic heterocycles. The van der Waals surface area contributed by atoms with Crippen LogP contribution >= 0.6 is 0 Å². The Bertz CT molecular complexity index is 788. The first-order valence-corrected chi connectivity index (χ1v) is 8.74. The van der Waals surface area contributed by atoms with Gasteiger partial charge < -0.3 is 9.73 Å². The van der Waals surface area contributed by atoms with Crippen LogP contribution in [0.4, 0.5) is 10.1 Å². The summed E-state index contributed by atoms with van der Waals surface area (Å²) in [7, 11) is -3.63. The Morgan fingerprint density at radius 1 is 1.35 bits per heavy atom. The van der Waals surface area contributed by atoms with Crippen LogP contribution in [0, 0.1) is 5.82 Å². The Labute approximate surface area is 133 Å². The fraction of sp³-hybridized carbons (Fsp3) is 0.267. The van der Waals surface area contributed by atoms with E-state index in [9.17, 15) is 17.6 Å². The number of anilines is 1. The van der Waals surface area contributed by atoms with E-state index >= 15 is 0 Å². The van der Waals surface area contributed by atoms with Crippen molar-refractivity contribution in [2.24, 2.45) is 0 Å². The Balaban J connectivity index is 2.08. The molecule has 1 amide bonds. The third-order valence-corrected chi connectivity index (χ3v) is 3.58. The average Bonchev–Trinajstić information content (AvgIpc) is 2.92. The highest BCUT2D eigenvalue weighted by molar-refractivity contribution is 7.92. The maximum absolute atomic E-state index is 13.6. The van der Waals surface area contributed by atoms with Crippen molar-refractivity contribution < 1.29 is 22.0 Å². The molecule has 0 unspecified atom stereocenters. The van der Waals surface area contributed by atoms with Gasteiger partial charge in [-0.25, -0.2) is 12.8 Å². The second-order valence-electron chi connectivity index (χ2n) is 5.23. The number of benzene rings is 1. The molecular weight excluding hydrogens is 323 g/mol. The molecule has 2 N–H and O–H groups in total. The minimum absolute atomic E-state index is 0.156. The van der Waals surface area contributed by atoms with Crippen LogP contribution in [0.3, 0.4) is 0 Å². The third kappa shape index (κ3) is 5.10. The van der Waals surface area contributed by atoms with Crippen molar-refractivity contribution in [3.63, 3.8) is 0 Å². The topological polar surface area (TPSA) is 88.4 Å². The molecule has 6 nitrogen and oxygen atoms in total. The standard InChI is InChI=1S/C15H17FN2O4S/c1-10(8-12-4-3-7-22-12)17-15(19)11-5-6-13(16)14(9-11)18-23(2,20)21/h3-7,9-10,18H,8H2,1-2H3,(H,17,19)/t10-/m0/s1. The van der Waals surface area contributed by atoms with Gasteiger partial charge in [0.05, 0.1) is 18.2 Å². The predicted molar refractivity (Wildman–Crippen MR) is 84.2 cm³/mol. The van der Waals surface area contributed by atoms with Crippen molar-refractivity contribution in [3.8, 4) is 0 Å². The molecule has 0 fully saturated rings. The highest BCUT2D eigenvalue weighted by Gasteiger charge is 2.15. The minimum Gasteiger partial charge on any atom is -0.469 e. The molecule has 0 aliphatic carbocycles. The first kappa shape index (κ1) is 17.0. The first-order valence-electron chi connectivity index (χ1n) is 6.85. The van der Waals surface area contributed by atoms with Crippen LogP contribution in [-0.2, 0) is 16.4 Å². The Hall–Kier alpha value is -2.35. The van der Waals surface area contributed by atoms with Gasteiger partial charge in [-0.1, -0.05) is 0 Å². The summed E-state index contributed by atoms with van der Waals surface area (Å²) in [5.41, 5.74) is -0.109. The highest BCUT2D eigenvalue weighted by atomic mass is 32.2. The lowest BCUT2D eigenvalue weighted by Crippen LogP contribution is -2.34. The second-order valence-corrected chi connectivity index (χ2v) is 6.98. The SMILES string of the molecule is C[C@@H](Cc1ccco1)NC(=O)c1ccc(F)c(NS(C)(=O)=O)c1. The zero-order chi connectivity index (χ0) is 17.0. The number of nitrogens with one attached hydrogen (secondary N) is 2. The third-order valence-electron chi connectivity index (χ3n) is 2.99. The molecule has 0 saturated carbocycles. The number of carbonyl (C=O) groups is 1. The van der Waals surface area contributed by atoms with E-state index in [2.05, 4.69) is 5.32 Å². The largest absolute Gasteiger partial charge is 0.469 e. The molecule has 0 aliphatic heterocycles. The van der Waals surface area contributed by atoms with Gasteiger partial charge in [0, 0.05) is 18.0 Å². The van der Waals surface area contributed by atoms with Gasteiger partial charge in [0.2, 0.25) is 10.0 Å². The molecule has 0 bridgehead atoms. The van der Waals surface area contributed by atoms with E-state index in [1.54, 1.807) is 25.3 Å². The number of hydrogen-bond donors (Lipinski definition) is 2. The van der Waals surface area contributed by atoms with Crippen LogP contribution in [-0.4, -0.2) is 26.6 Å². The molecule has 0 aliphatic rings. The maximum atomic E-state index is 13.6. The van der Waals surface area contributed by atoms with E-state index in [1.807, 2.05) is 4.72 Å². The molecule has 1 atom stereocenters. The molecule has 2 aromatic rings. The van der Waals surface area contributed by atoms with E-state index in [1.165, 1.54) is 6.07 Å². The van der Waals surface area contributed by atoms with Crippen LogP contribution in [0.25, 0.3) is 0 Å². The summed E-state index contributed by atoms with van der Waals surface area (Å²) in [5.74, 6) is -0.451. The normalized spacial score (nSPS) is 12.7. The molecule has 124 valence electrons. The predicted octanol–water partition coefficient (Wildman–Crippen LogP) is 2.15. The van der Waals surface area contributed by atoms with Gasteiger partial charge in [-0.3, -0.25) is 9.52 Å². The molecule has 1 aromatic carbocycles. The molecule has 1 heterocycles. The van der Waals surface area contributed by atoms with E-state index in [0.29, 0.717) is 6.42 Å². The van der Waals surface area contributed by atoms with Crippen molar-refractivity contribution in [3.05, 3.63) is 53.7 Å². The number of carbonyl (C=O) groups excluding carboxylic acids is 1. The minimum atomic E-state index is -3.63. The number of amides is 1. The summed E-state index contributed by atoms with van der Waals surface area (Å²) in [4.78, 5) is 12.2. The molecule has 0 spiro atoms. The molecular formula is C15H17FN2O4S. The lowest BCUT2D eigenvalue weighted by molar-refractivity contribution is 0.0939. The van der Waals surface area contributed by atoms with Crippen molar-refractivity contribution in [2.75, 3.05) is 11.0 Å². The fourth-order valence-electron chi connectivity index (χ4n) is 2.03. The Kier molecular flexibility index (Phi) is 5.05. The molecule has 0 radical (unpaired) electrons. The fourth-order valence-corrected chi connectivity index (χ4v) is 2.59. The average molecular weight is 340 g/mol. The first-order chi connectivity index (χ1) is 10.7. The van der Waals surface area contributed by atoms with Gasteiger partial charge in [-0.15, -0.1) is 0 Å². The molecule has 8 heteroatoms. The summed E-state index contributed by atoms with van der Waals surface area (Å²) < 4.78 is 43.2. The highest BCUT2D eigenvalue weighted by Crippen LogP contribution is 2.17. The quantitative estimate of drug-likeness (QED) is 0.843. The summed E-state index contributed by atoms with van der Waals surface area (Å²) in [5, 5.41) is 2.75. The van der Waals surface area contributed by atoms with Gasteiger partial charge in [0.1, 0.15) is 11.6 Å². The molecule has 0 saturated heterocycles. The van der Waals surface area contributed by atoms with Crippen molar-refractivity contribution in [1.29, 1.82) is 0 Å². The number of hydrogen-bond acceptors (Lipinski definition) is 4. The Morgan fingerprint density at radius 3 is 2.70 bits per heavy atom. The summed E-state index contributed by atoms with van der Waals surface area (Å²) in [6, 6.07) is 6.84. The molecule has 2 rings (SSSR count). The van der Waals surface area contributed by atoms with Gasteiger partial charge in [0.15, 0.2) is 0 Å². The van der Waals surface area contributed by atoms with Crippen molar-refractivity contribution >= 4 is 21.6 Å². The zero-order valence-corrected chi connectivity index (χ0v) is 13.5. The smallest absolute Gasteiger partial charge is 0.251 e. The number of sulfonamides is 1. The van der Waals surface area contributed by atoms with E-state index in [4.69, 9.17) is 4.42 Å². The van der Waals surface area contributed by atoms with Gasteiger partial charge in [-0.05, 0) is 37.3 Å². The number of furan rings is 1. The summed E-state index contributed by atoms with van der Waals surface area (Å²) in [6.07, 6.45) is 2.96. The zero-order valence-electron chi connectivity index (χ0n) is 12.7. The van der Waals surface area contributed by atoms with Crippen LogP contribution in [0.15, 0.2) is 41.0 Å². The summed E-state index contributed by atoms with van der Waals surface area (Å²) in [6.45, 7) is 1.81. The van der Waals surface area contributed by atoms with Gasteiger partial charge >= 0.3 is 0 Å². The van der Waals surface area contributed by atoms with Crippen LogP contribution in [0.2, 0.25) is 0 Å². The lowest BCUT2D eigenvalue weighted by Gasteiger charge is -2.13. The van der Waals surface area contributed by atoms with Crippen molar-refractivity contribution in [1.82, 2.24) is 5.32 Å². The lowest BCUT2D eigenvalue weighted by atomic mass is 10.1. The maximum Gasteiger partial charge on any atom is 0.251 e. The number of rotatable bonds is 6. The van der Waals surface area contributed by atoms with Gasteiger partial charge in [0.25, 0.3) is 5.91 Å². The van der Waals surface area contributed by atoms with E-state index in [0.717, 1.165) is 24.1 Å². The molecule has 23 heavy (non-hydrogen) atoms. The Morgan fingerprint density at radius 2 is 2.09 bits per heavy atom. The van der Waals surface area contributed by atoms with Crippen LogP contribution in [0.5, 0.6) is 0 Å². The monoisotopic (exact) mass is 340 g/mol. The van der Waals surface area contributed by atoms with E-state index in [-0.39, 0.29) is 17.3 Å². The van der Waals surface area contributed by atoms with Gasteiger partial charge in [-0.2, -0.15) is 0 Å². The van der Waals surface area contributed by atoms with Crippen LogP contribution < -0.4 is 10.0 Å². The number of halogens is 1. The van der Waals surface area contributed by atoms with Crippen LogP contribution in [0.1, 0.15) is 23.0 Å². The second kappa shape index (κ2) is 6.82. The van der Waals surface area contributed by atoms with Crippen molar-refractivity contribution in [2.45, 2.75) is 19.4 Å².